The largest absolute Gasteiger partial charge is 0.435 e. The van der Waals surface area contributed by atoms with Gasteiger partial charge in [0.25, 0.3) is 5.91 Å². The van der Waals surface area contributed by atoms with Crippen molar-refractivity contribution in [3.8, 4) is 11.4 Å². The number of amides is 1. The number of hydrogen-bond acceptors (Lipinski definition) is 5. The number of halogens is 3. The minimum Gasteiger partial charge on any atom is -0.330 e. The van der Waals surface area contributed by atoms with Gasteiger partial charge in [-0.05, 0) is 44.5 Å². The number of rotatable bonds is 2. The van der Waals surface area contributed by atoms with Gasteiger partial charge in [-0.1, -0.05) is 0 Å². The van der Waals surface area contributed by atoms with Crippen molar-refractivity contribution in [2.45, 2.75) is 32.5 Å². The molecule has 3 aromatic heterocycles. The van der Waals surface area contributed by atoms with Gasteiger partial charge in [0.05, 0.1) is 38.3 Å². The summed E-state index contributed by atoms with van der Waals surface area (Å²) in [6, 6.07) is 6.22. The van der Waals surface area contributed by atoms with Crippen LogP contribution < -0.4 is 0 Å². The van der Waals surface area contributed by atoms with Crippen LogP contribution in [0.2, 0.25) is 0 Å². The van der Waals surface area contributed by atoms with Gasteiger partial charge in [0.1, 0.15) is 0 Å². The molecule has 4 aromatic rings. The highest BCUT2D eigenvalue weighted by Crippen LogP contribution is 2.38. The molecule has 0 fully saturated rings. The Morgan fingerprint density at radius 1 is 1.15 bits per heavy atom. The second-order valence-corrected chi connectivity index (χ2v) is 9.45. The van der Waals surface area contributed by atoms with Crippen molar-refractivity contribution in [1.82, 2.24) is 29.4 Å². The van der Waals surface area contributed by atoms with E-state index >= 15 is 0 Å². The third kappa shape index (κ3) is 3.50. The molecule has 33 heavy (non-hydrogen) atoms. The van der Waals surface area contributed by atoms with Crippen LogP contribution in [-0.2, 0) is 26.7 Å². The van der Waals surface area contributed by atoms with E-state index < -0.39 is 11.9 Å². The summed E-state index contributed by atoms with van der Waals surface area (Å²) in [4.78, 5) is 19.5. The summed E-state index contributed by atoms with van der Waals surface area (Å²) in [6.45, 7) is 4.26. The maximum atomic E-state index is 13.3. The van der Waals surface area contributed by atoms with Crippen LogP contribution in [0.5, 0.6) is 0 Å². The molecule has 1 aliphatic heterocycles. The van der Waals surface area contributed by atoms with Gasteiger partial charge in [-0.2, -0.15) is 23.4 Å². The summed E-state index contributed by atoms with van der Waals surface area (Å²) >= 11 is 1.54. The number of hydrogen-bond donors (Lipinski definition) is 0. The molecule has 11 heteroatoms. The molecule has 0 spiro atoms. The summed E-state index contributed by atoms with van der Waals surface area (Å²) in [5.41, 5.74) is 2.98. The minimum absolute atomic E-state index is 0.104. The van der Waals surface area contributed by atoms with E-state index in [9.17, 15) is 18.0 Å². The van der Waals surface area contributed by atoms with Gasteiger partial charge in [-0.25, -0.2) is 4.98 Å². The molecule has 0 N–H and O–H groups in total. The molecule has 172 valence electrons. The van der Waals surface area contributed by atoms with Gasteiger partial charge in [-0.15, -0.1) is 11.3 Å². The zero-order chi connectivity index (χ0) is 23.7. The highest BCUT2D eigenvalue weighted by Gasteiger charge is 2.37. The molecule has 0 radical (unpaired) electrons. The quantitative estimate of drug-likeness (QED) is 0.429. The molecule has 1 atom stereocenters. The number of carbonyl (C=O) groups is 1. The van der Waals surface area contributed by atoms with Gasteiger partial charge >= 0.3 is 6.18 Å². The SMILES string of the molecule is Cc1nc2ccc(C(=O)N3CCc4c(nn(C)c4-c4cc(C(F)(F)F)nn4C)C3C)cc2s1. The van der Waals surface area contributed by atoms with Crippen LogP contribution in [0.25, 0.3) is 21.6 Å². The number of aryl methyl sites for hydroxylation is 3. The fourth-order valence-corrected chi connectivity index (χ4v) is 5.37. The van der Waals surface area contributed by atoms with Crippen LogP contribution in [0.15, 0.2) is 24.3 Å². The topological polar surface area (TPSA) is 68.8 Å². The van der Waals surface area contributed by atoms with Crippen LogP contribution in [0.3, 0.4) is 0 Å². The normalized spacial score (nSPS) is 16.5. The van der Waals surface area contributed by atoms with Crippen molar-refractivity contribution in [3.63, 3.8) is 0 Å². The lowest BCUT2D eigenvalue weighted by molar-refractivity contribution is -0.141. The Balaban J connectivity index is 1.49. The molecule has 0 bridgehead atoms. The fourth-order valence-electron chi connectivity index (χ4n) is 4.51. The van der Waals surface area contributed by atoms with E-state index in [0.717, 1.165) is 26.9 Å². The van der Waals surface area contributed by atoms with Crippen LogP contribution in [0, 0.1) is 6.92 Å². The molecule has 0 saturated heterocycles. The van der Waals surface area contributed by atoms with Crippen LogP contribution in [-0.4, -0.2) is 41.9 Å². The molecule has 5 rings (SSSR count). The van der Waals surface area contributed by atoms with Crippen LogP contribution in [0.4, 0.5) is 13.2 Å². The van der Waals surface area contributed by atoms with E-state index in [1.165, 1.54) is 11.7 Å². The average molecular weight is 475 g/mol. The minimum atomic E-state index is -4.52. The zero-order valence-electron chi connectivity index (χ0n) is 18.4. The number of nitrogens with zero attached hydrogens (tertiary/aromatic N) is 6. The Hall–Kier alpha value is -3.21. The lowest BCUT2D eigenvalue weighted by atomic mass is 9.96. The van der Waals surface area contributed by atoms with Crippen molar-refractivity contribution in [1.29, 1.82) is 0 Å². The molecular formula is C22H21F3N6OS. The third-order valence-corrected chi connectivity index (χ3v) is 6.99. The Kier molecular flexibility index (Phi) is 4.85. The van der Waals surface area contributed by atoms with E-state index in [-0.39, 0.29) is 11.9 Å². The number of carbonyl (C=O) groups excluding carboxylic acids is 1. The third-order valence-electron chi connectivity index (χ3n) is 6.06. The predicted octanol–water partition coefficient (Wildman–Crippen LogP) is 4.52. The second-order valence-electron chi connectivity index (χ2n) is 8.21. The molecule has 7 nitrogen and oxygen atoms in total. The number of benzene rings is 1. The summed E-state index contributed by atoms with van der Waals surface area (Å²) in [7, 11) is 3.19. The zero-order valence-corrected chi connectivity index (χ0v) is 19.3. The maximum absolute atomic E-state index is 13.3. The highest BCUT2D eigenvalue weighted by atomic mass is 32.1. The smallest absolute Gasteiger partial charge is 0.330 e. The number of thiazole rings is 1. The first-order valence-corrected chi connectivity index (χ1v) is 11.2. The van der Waals surface area contributed by atoms with Gasteiger partial charge in [-0.3, -0.25) is 14.2 Å². The standard InChI is InChI=1S/C22H21F3N6OS/c1-11-19-14(20(30(4)28-19)16-10-18(22(23,24)25)27-29(16)3)7-8-31(11)21(32)13-5-6-15-17(9-13)33-12(2)26-15/h5-6,9-11H,7-8H2,1-4H3. The van der Waals surface area contributed by atoms with Crippen LogP contribution >= 0.6 is 11.3 Å². The first kappa shape index (κ1) is 21.6. The van der Waals surface area contributed by atoms with Crippen molar-refractivity contribution in [3.05, 3.63) is 51.8 Å². The van der Waals surface area contributed by atoms with Crippen molar-refractivity contribution < 1.29 is 18.0 Å². The van der Waals surface area contributed by atoms with E-state index in [1.54, 1.807) is 34.0 Å². The lowest BCUT2D eigenvalue weighted by Crippen LogP contribution is -2.38. The fraction of sp³-hybridized carbons (Fsp3) is 0.364. The van der Waals surface area contributed by atoms with Gasteiger partial charge in [0.2, 0.25) is 0 Å². The molecule has 1 aliphatic rings. The lowest BCUT2D eigenvalue weighted by Gasteiger charge is -2.33. The van der Waals surface area contributed by atoms with E-state index in [0.29, 0.717) is 35.6 Å². The predicted molar refractivity (Wildman–Crippen MR) is 118 cm³/mol. The van der Waals surface area contributed by atoms with Crippen molar-refractivity contribution in [2.24, 2.45) is 14.1 Å². The Morgan fingerprint density at radius 2 is 1.91 bits per heavy atom. The Morgan fingerprint density at radius 3 is 2.61 bits per heavy atom. The molecule has 4 heterocycles. The molecule has 1 unspecified atom stereocenters. The Labute approximate surface area is 191 Å². The maximum Gasteiger partial charge on any atom is 0.435 e. The molecule has 1 aromatic carbocycles. The van der Waals surface area contributed by atoms with E-state index in [1.807, 2.05) is 26.0 Å². The first-order chi connectivity index (χ1) is 15.5. The molecule has 1 amide bonds. The number of aromatic nitrogens is 5. The molecular weight excluding hydrogens is 453 g/mol. The number of fused-ring (bicyclic) bond motifs is 2. The van der Waals surface area contributed by atoms with Gasteiger partial charge in [0, 0.05) is 31.8 Å². The summed E-state index contributed by atoms with van der Waals surface area (Å²) in [6.07, 6.45) is -4.04. The average Bonchev–Trinajstić information content (AvgIpc) is 3.40. The second kappa shape index (κ2) is 7.41. The van der Waals surface area contributed by atoms with E-state index in [2.05, 4.69) is 15.2 Å². The van der Waals surface area contributed by atoms with Gasteiger partial charge < -0.3 is 4.90 Å². The molecule has 0 aliphatic carbocycles. The van der Waals surface area contributed by atoms with Crippen molar-refractivity contribution >= 4 is 27.5 Å². The van der Waals surface area contributed by atoms with Gasteiger partial charge in [0.15, 0.2) is 5.69 Å². The first-order valence-electron chi connectivity index (χ1n) is 10.4. The number of alkyl halides is 3. The van der Waals surface area contributed by atoms with Crippen molar-refractivity contribution in [2.75, 3.05) is 6.54 Å². The Bertz CT molecular complexity index is 1400. The summed E-state index contributed by atoms with van der Waals surface area (Å²) < 4.78 is 43.3. The molecule has 0 saturated carbocycles. The monoisotopic (exact) mass is 474 g/mol. The summed E-state index contributed by atoms with van der Waals surface area (Å²) in [5, 5.41) is 9.17. The highest BCUT2D eigenvalue weighted by molar-refractivity contribution is 7.18. The van der Waals surface area contributed by atoms with Crippen LogP contribution in [0.1, 0.15) is 45.3 Å². The van der Waals surface area contributed by atoms with E-state index in [4.69, 9.17) is 0 Å². The summed E-state index contributed by atoms with van der Waals surface area (Å²) in [5.74, 6) is -0.104.